The number of aromatic nitrogens is 1. The van der Waals surface area contributed by atoms with Crippen LogP contribution in [-0.2, 0) is 4.79 Å². The Bertz CT molecular complexity index is 912. The summed E-state index contributed by atoms with van der Waals surface area (Å²) in [5.74, 6) is 0.335. The molecule has 0 atom stereocenters. The summed E-state index contributed by atoms with van der Waals surface area (Å²) in [5.41, 5.74) is 5.92. The van der Waals surface area contributed by atoms with Crippen molar-refractivity contribution >= 4 is 33.4 Å². The predicted octanol–water partition coefficient (Wildman–Crippen LogP) is 3.87. The van der Waals surface area contributed by atoms with Crippen molar-refractivity contribution < 1.29 is 14.7 Å². The molecule has 0 saturated heterocycles. The van der Waals surface area contributed by atoms with Gasteiger partial charge >= 0.3 is 0 Å². The molecule has 0 spiro atoms. The molecule has 2 amide bonds. The Labute approximate surface area is 181 Å². The van der Waals surface area contributed by atoms with Gasteiger partial charge in [-0.2, -0.15) is 0 Å². The van der Waals surface area contributed by atoms with Gasteiger partial charge in [-0.15, -0.1) is 11.3 Å². The third kappa shape index (κ3) is 4.67. The molecule has 2 aromatic rings. The van der Waals surface area contributed by atoms with Gasteiger partial charge in [0.2, 0.25) is 5.91 Å². The van der Waals surface area contributed by atoms with Crippen LogP contribution in [0.2, 0.25) is 0 Å². The quantitative estimate of drug-likeness (QED) is 0.648. The van der Waals surface area contributed by atoms with Crippen LogP contribution in [-0.4, -0.2) is 34.1 Å². The molecule has 2 aliphatic rings. The van der Waals surface area contributed by atoms with E-state index >= 15 is 0 Å². The van der Waals surface area contributed by atoms with Crippen molar-refractivity contribution in [1.29, 1.82) is 0 Å². The maximum Gasteiger partial charge on any atom is 0.259 e. The molecule has 2 aliphatic carbocycles. The number of aliphatic hydroxyl groups is 1. The van der Waals surface area contributed by atoms with E-state index in [1.807, 2.05) is 12.1 Å². The van der Waals surface area contributed by atoms with E-state index in [9.17, 15) is 14.7 Å². The first-order valence-electron chi connectivity index (χ1n) is 11.1. The van der Waals surface area contributed by atoms with Gasteiger partial charge in [0.05, 0.1) is 16.9 Å². The lowest BCUT2D eigenvalue weighted by Gasteiger charge is -2.32. The van der Waals surface area contributed by atoms with Gasteiger partial charge in [-0.1, -0.05) is 25.3 Å². The van der Waals surface area contributed by atoms with E-state index < -0.39 is 5.60 Å². The summed E-state index contributed by atoms with van der Waals surface area (Å²) in [6.45, 7) is 0.663. The summed E-state index contributed by atoms with van der Waals surface area (Å²) in [7, 11) is 0. The number of hydrogen-bond donors (Lipinski definition) is 3. The van der Waals surface area contributed by atoms with E-state index in [0.717, 1.165) is 73.6 Å². The second-order valence-electron chi connectivity index (χ2n) is 9.05. The lowest BCUT2D eigenvalue weighted by atomic mass is 9.78. The van der Waals surface area contributed by atoms with Gasteiger partial charge < -0.3 is 16.2 Å². The first kappa shape index (κ1) is 21.2. The number of rotatable bonds is 6. The van der Waals surface area contributed by atoms with E-state index in [0.29, 0.717) is 23.3 Å². The van der Waals surface area contributed by atoms with Gasteiger partial charge in [-0.05, 0) is 62.0 Å². The Morgan fingerprint density at radius 3 is 2.63 bits per heavy atom. The van der Waals surface area contributed by atoms with Crippen LogP contribution in [0.15, 0.2) is 18.3 Å². The zero-order chi connectivity index (χ0) is 21.1. The molecule has 2 heterocycles. The highest BCUT2D eigenvalue weighted by Gasteiger charge is 2.32. The normalized spacial score (nSPS) is 23.9. The van der Waals surface area contributed by atoms with Crippen molar-refractivity contribution in [1.82, 2.24) is 10.3 Å². The van der Waals surface area contributed by atoms with Crippen molar-refractivity contribution in [2.24, 2.45) is 11.7 Å². The molecule has 4 rings (SSSR count). The lowest BCUT2D eigenvalue weighted by Crippen LogP contribution is -2.40. The second kappa shape index (κ2) is 9.02. The zero-order valence-corrected chi connectivity index (χ0v) is 18.2. The number of amides is 2. The third-order valence-electron chi connectivity index (χ3n) is 6.85. The molecule has 0 bridgehead atoms. The summed E-state index contributed by atoms with van der Waals surface area (Å²) in [6.07, 6.45) is 10.6. The van der Waals surface area contributed by atoms with Crippen molar-refractivity contribution in [2.75, 3.05) is 6.54 Å². The molecular formula is C23H31N3O3S. The summed E-state index contributed by atoms with van der Waals surface area (Å²) in [4.78, 5) is 30.3. The Hall–Kier alpha value is -1.99. The van der Waals surface area contributed by atoms with Gasteiger partial charge in [0.15, 0.2) is 0 Å². The van der Waals surface area contributed by atoms with Crippen molar-refractivity contribution in [3.05, 3.63) is 28.8 Å². The van der Waals surface area contributed by atoms with Crippen LogP contribution in [0.4, 0.5) is 0 Å². The highest BCUT2D eigenvalue weighted by Crippen LogP contribution is 2.43. The van der Waals surface area contributed by atoms with Gasteiger partial charge in [0.1, 0.15) is 4.83 Å². The first-order valence-corrected chi connectivity index (χ1v) is 11.9. The fourth-order valence-electron chi connectivity index (χ4n) is 5.20. The van der Waals surface area contributed by atoms with Crippen LogP contribution in [0.3, 0.4) is 0 Å². The van der Waals surface area contributed by atoms with Gasteiger partial charge in [0.25, 0.3) is 5.91 Å². The molecular weight excluding hydrogens is 398 g/mol. The highest BCUT2D eigenvalue weighted by atomic mass is 32.1. The molecule has 0 radical (unpaired) electrons. The number of nitrogens with one attached hydrogen (secondary N) is 1. The smallest absolute Gasteiger partial charge is 0.259 e. The second-order valence-corrected chi connectivity index (χ2v) is 10.0. The summed E-state index contributed by atoms with van der Waals surface area (Å²) in [6, 6.07) is 3.94. The number of fused-ring (bicyclic) bond motifs is 1. The van der Waals surface area contributed by atoms with Crippen LogP contribution in [0, 0.1) is 5.92 Å². The number of thiophene rings is 1. The topological polar surface area (TPSA) is 105 Å². The molecule has 7 heteroatoms. The predicted molar refractivity (Wildman–Crippen MR) is 118 cm³/mol. The molecule has 4 N–H and O–H groups in total. The van der Waals surface area contributed by atoms with Crippen molar-refractivity contribution in [3.8, 4) is 0 Å². The SMILES string of the molecule is NC(=O)c1sc2ncccc2c1C1CCC(CNC(=O)CC2(O)CCCCC2)CC1. The van der Waals surface area contributed by atoms with E-state index in [1.54, 1.807) is 6.20 Å². The average molecular weight is 430 g/mol. The van der Waals surface area contributed by atoms with E-state index in [1.165, 1.54) is 11.3 Å². The Morgan fingerprint density at radius 2 is 1.93 bits per heavy atom. The Balaban J connectivity index is 1.32. The maximum absolute atomic E-state index is 12.3. The molecule has 0 unspecified atom stereocenters. The number of pyridine rings is 1. The fourth-order valence-corrected chi connectivity index (χ4v) is 6.28. The number of carbonyl (C=O) groups is 2. The third-order valence-corrected chi connectivity index (χ3v) is 7.99. The van der Waals surface area contributed by atoms with Gasteiger partial charge in [-0.3, -0.25) is 9.59 Å². The monoisotopic (exact) mass is 429 g/mol. The Kier molecular flexibility index (Phi) is 6.39. The van der Waals surface area contributed by atoms with E-state index in [-0.39, 0.29) is 18.2 Å². The standard InChI is InChI=1S/C23H31N3O3S/c24-21(28)20-19(17-5-4-12-25-22(17)30-20)16-8-6-15(7-9-16)14-26-18(27)13-23(29)10-2-1-3-11-23/h4-5,12,15-16,29H,1-3,6-11,13-14H2,(H2,24,28)(H,26,27). The van der Waals surface area contributed by atoms with Gasteiger partial charge in [-0.25, -0.2) is 4.98 Å². The number of primary amides is 1. The Morgan fingerprint density at radius 1 is 1.20 bits per heavy atom. The average Bonchev–Trinajstić information content (AvgIpc) is 3.13. The molecule has 6 nitrogen and oxygen atoms in total. The lowest BCUT2D eigenvalue weighted by molar-refractivity contribution is -0.127. The molecule has 162 valence electrons. The number of nitrogens with two attached hydrogens (primary N) is 1. The van der Waals surface area contributed by atoms with E-state index in [2.05, 4.69) is 10.3 Å². The number of hydrogen-bond acceptors (Lipinski definition) is 5. The minimum absolute atomic E-state index is 0.0348. The molecule has 2 fully saturated rings. The van der Waals surface area contributed by atoms with Gasteiger partial charge in [0, 0.05) is 18.1 Å². The minimum Gasteiger partial charge on any atom is -0.389 e. The molecule has 30 heavy (non-hydrogen) atoms. The fraction of sp³-hybridized carbons (Fsp3) is 0.609. The van der Waals surface area contributed by atoms with Crippen LogP contribution in [0.25, 0.3) is 10.2 Å². The van der Waals surface area contributed by atoms with E-state index in [4.69, 9.17) is 5.73 Å². The van der Waals surface area contributed by atoms with Crippen LogP contribution in [0.1, 0.15) is 85.4 Å². The number of carbonyl (C=O) groups excluding carboxylic acids is 2. The van der Waals surface area contributed by atoms with Crippen molar-refractivity contribution in [3.63, 3.8) is 0 Å². The first-order chi connectivity index (χ1) is 14.5. The number of nitrogens with zero attached hydrogens (tertiary/aromatic N) is 1. The largest absolute Gasteiger partial charge is 0.389 e. The summed E-state index contributed by atoms with van der Waals surface area (Å²) >= 11 is 1.39. The molecule has 0 aromatic carbocycles. The highest BCUT2D eigenvalue weighted by molar-refractivity contribution is 7.20. The molecule has 2 saturated carbocycles. The minimum atomic E-state index is -0.806. The summed E-state index contributed by atoms with van der Waals surface area (Å²) in [5, 5.41) is 14.7. The van der Waals surface area contributed by atoms with Crippen molar-refractivity contribution in [2.45, 2.75) is 75.7 Å². The van der Waals surface area contributed by atoms with Crippen LogP contribution in [0.5, 0.6) is 0 Å². The maximum atomic E-state index is 12.3. The van der Waals surface area contributed by atoms with Crippen LogP contribution < -0.4 is 11.1 Å². The van der Waals surface area contributed by atoms with Crippen LogP contribution >= 0.6 is 11.3 Å². The molecule has 0 aliphatic heterocycles. The summed E-state index contributed by atoms with van der Waals surface area (Å²) < 4.78 is 0. The molecule has 2 aromatic heterocycles. The zero-order valence-electron chi connectivity index (χ0n) is 17.4.